The standard InChI is InChI=1S/C15H38NO2Si3/c1-16(12-9-10-13-16)14-11-15-20(5,6)18-21(7,8)17-19(2,3)4/h9-15H2,1-8H3/q+1. The molecule has 21 heavy (non-hydrogen) atoms. The molecule has 1 rings (SSSR count). The first kappa shape index (κ1) is 19.6. The van der Waals surface area contributed by atoms with E-state index in [0.29, 0.717) is 0 Å². The maximum absolute atomic E-state index is 6.58. The first-order valence-electron chi connectivity index (χ1n) is 8.57. The third-order valence-corrected chi connectivity index (χ3v) is 14.3. The van der Waals surface area contributed by atoms with E-state index in [-0.39, 0.29) is 0 Å². The molecule has 0 aromatic carbocycles. The molecule has 3 nitrogen and oxygen atoms in total. The van der Waals surface area contributed by atoms with Crippen molar-refractivity contribution in [2.45, 2.75) is 71.1 Å². The molecule has 1 fully saturated rings. The summed E-state index contributed by atoms with van der Waals surface area (Å²) in [5.74, 6) is 0. The summed E-state index contributed by atoms with van der Waals surface area (Å²) in [7, 11) is -2.63. The minimum absolute atomic E-state index is 1.27. The van der Waals surface area contributed by atoms with Crippen molar-refractivity contribution in [3.05, 3.63) is 0 Å². The highest BCUT2D eigenvalue weighted by molar-refractivity contribution is 6.87. The molecule has 126 valence electrons. The summed E-state index contributed by atoms with van der Waals surface area (Å²) in [6, 6.07) is 1.27. The molecule has 1 aliphatic rings. The monoisotopic (exact) mass is 348 g/mol. The predicted octanol–water partition coefficient (Wildman–Crippen LogP) is 4.39. The fourth-order valence-electron chi connectivity index (χ4n) is 3.68. The van der Waals surface area contributed by atoms with Crippen LogP contribution in [0.15, 0.2) is 0 Å². The number of likely N-dealkylation sites (tertiary alicyclic amines) is 1. The van der Waals surface area contributed by atoms with Crippen LogP contribution in [0.25, 0.3) is 0 Å². The fourth-order valence-corrected chi connectivity index (χ4v) is 16.9. The Balaban J connectivity index is 2.42. The van der Waals surface area contributed by atoms with Gasteiger partial charge in [-0.1, -0.05) is 0 Å². The Hall–Kier alpha value is 0.531. The van der Waals surface area contributed by atoms with Crippen molar-refractivity contribution in [2.75, 3.05) is 26.7 Å². The van der Waals surface area contributed by atoms with Gasteiger partial charge in [0.15, 0.2) is 16.6 Å². The van der Waals surface area contributed by atoms with Gasteiger partial charge in [0.1, 0.15) is 0 Å². The zero-order valence-corrected chi connectivity index (χ0v) is 18.7. The largest absolute Gasteiger partial charge is 0.437 e. The van der Waals surface area contributed by atoms with Crippen molar-refractivity contribution >= 4 is 25.2 Å². The van der Waals surface area contributed by atoms with Crippen LogP contribution in [0.4, 0.5) is 0 Å². The molecule has 0 unspecified atom stereocenters. The van der Waals surface area contributed by atoms with Crippen LogP contribution in [0.1, 0.15) is 19.3 Å². The quantitative estimate of drug-likeness (QED) is 0.478. The van der Waals surface area contributed by atoms with Crippen LogP contribution in [0.2, 0.25) is 51.9 Å². The van der Waals surface area contributed by atoms with Gasteiger partial charge in [-0.15, -0.1) is 0 Å². The maximum atomic E-state index is 6.58. The van der Waals surface area contributed by atoms with Crippen molar-refractivity contribution in [3.8, 4) is 0 Å². The van der Waals surface area contributed by atoms with Crippen molar-refractivity contribution in [2.24, 2.45) is 0 Å². The van der Waals surface area contributed by atoms with Crippen LogP contribution in [0.3, 0.4) is 0 Å². The molecule has 0 bridgehead atoms. The van der Waals surface area contributed by atoms with Crippen LogP contribution in [0.5, 0.6) is 0 Å². The molecule has 1 saturated heterocycles. The van der Waals surface area contributed by atoms with Gasteiger partial charge < -0.3 is 12.7 Å². The van der Waals surface area contributed by atoms with E-state index in [4.69, 9.17) is 8.23 Å². The summed E-state index contributed by atoms with van der Waals surface area (Å²) in [5, 5.41) is 0. The molecule has 0 atom stereocenters. The number of quaternary nitrogens is 1. The topological polar surface area (TPSA) is 18.5 Å². The van der Waals surface area contributed by atoms with E-state index in [2.05, 4.69) is 52.9 Å². The van der Waals surface area contributed by atoms with Crippen LogP contribution >= 0.6 is 0 Å². The Bertz CT molecular complexity index is 334. The first-order chi connectivity index (χ1) is 9.33. The molecule has 0 amide bonds. The summed E-state index contributed by atoms with van der Waals surface area (Å²) < 4.78 is 14.2. The highest BCUT2D eigenvalue weighted by Crippen LogP contribution is 2.25. The lowest BCUT2D eigenvalue weighted by atomic mass is 10.4. The average Bonchev–Trinajstić information content (AvgIpc) is 2.58. The minimum Gasteiger partial charge on any atom is -0.437 e. The number of rotatable bonds is 8. The van der Waals surface area contributed by atoms with Crippen molar-refractivity contribution < 1.29 is 12.7 Å². The van der Waals surface area contributed by atoms with Gasteiger partial charge in [-0.25, -0.2) is 0 Å². The highest BCUT2D eigenvalue weighted by Gasteiger charge is 2.38. The lowest BCUT2D eigenvalue weighted by Crippen LogP contribution is -2.51. The van der Waals surface area contributed by atoms with Gasteiger partial charge >= 0.3 is 8.56 Å². The Kier molecular flexibility index (Phi) is 6.49. The molecular weight excluding hydrogens is 310 g/mol. The molecule has 0 spiro atoms. The van der Waals surface area contributed by atoms with Gasteiger partial charge in [0.25, 0.3) is 0 Å². The van der Waals surface area contributed by atoms with Crippen LogP contribution in [-0.4, -0.2) is 56.4 Å². The molecule has 0 aromatic heterocycles. The zero-order chi connectivity index (χ0) is 16.4. The van der Waals surface area contributed by atoms with E-state index in [1.165, 1.54) is 49.4 Å². The molecule has 0 saturated carbocycles. The zero-order valence-electron chi connectivity index (χ0n) is 15.7. The number of hydrogen-bond acceptors (Lipinski definition) is 2. The predicted molar refractivity (Wildman–Crippen MR) is 99.9 cm³/mol. The summed E-state index contributed by atoms with van der Waals surface area (Å²) in [6.07, 6.45) is 4.14. The molecule has 0 N–H and O–H groups in total. The Morgan fingerprint density at radius 2 is 1.38 bits per heavy atom. The lowest BCUT2D eigenvalue weighted by Gasteiger charge is -2.38. The van der Waals surface area contributed by atoms with Gasteiger partial charge in [-0.3, -0.25) is 0 Å². The SMILES string of the molecule is C[N+]1(CCC[Si](C)(C)O[Si](C)(C)O[Si](C)(C)C)CCCC1. The third-order valence-electron chi connectivity index (χ3n) is 4.20. The highest BCUT2D eigenvalue weighted by atomic mass is 28.5. The van der Waals surface area contributed by atoms with Crippen LogP contribution in [0, 0.1) is 0 Å². The lowest BCUT2D eigenvalue weighted by molar-refractivity contribution is -0.897. The van der Waals surface area contributed by atoms with E-state index in [1.54, 1.807) is 0 Å². The van der Waals surface area contributed by atoms with E-state index in [0.717, 1.165) is 0 Å². The molecule has 0 aromatic rings. The van der Waals surface area contributed by atoms with Crippen molar-refractivity contribution in [3.63, 3.8) is 0 Å². The van der Waals surface area contributed by atoms with E-state index in [9.17, 15) is 0 Å². The summed E-state index contributed by atoms with van der Waals surface area (Å²) in [5.41, 5.74) is 0. The molecular formula is C15H38NO2Si3+. The fraction of sp³-hybridized carbons (Fsp3) is 1.00. The van der Waals surface area contributed by atoms with E-state index < -0.39 is 25.2 Å². The smallest absolute Gasteiger partial charge is 0.311 e. The summed E-state index contributed by atoms with van der Waals surface area (Å²) >= 11 is 0. The number of nitrogens with zero attached hydrogens (tertiary/aromatic N) is 1. The molecule has 1 aliphatic heterocycles. The average molecular weight is 349 g/mol. The van der Waals surface area contributed by atoms with Gasteiger partial charge in [0, 0.05) is 12.8 Å². The van der Waals surface area contributed by atoms with Gasteiger partial charge in [0.05, 0.1) is 26.7 Å². The Labute approximate surface area is 136 Å². The normalized spacial score (nSPS) is 20.0. The maximum Gasteiger partial charge on any atom is 0.311 e. The molecule has 1 heterocycles. The molecule has 0 radical (unpaired) electrons. The molecule has 6 heteroatoms. The second-order valence-electron chi connectivity index (χ2n) is 9.08. The Morgan fingerprint density at radius 3 is 1.86 bits per heavy atom. The van der Waals surface area contributed by atoms with Crippen molar-refractivity contribution in [1.82, 2.24) is 0 Å². The number of hydrogen-bond donors (Lipinski definition) is 0. The second-order valence-corrected chi connectivity index (χ2v) is 21.8. The van der Waals surface area contributed by atoms with Gasteiger partial charge in [0.2, 0.25) is 0 Å². The first-order valence-corrected chi connectivity index (χ1v) is 17.9. The van der Waals surface area contributed by atoms with Gasteiger partial charge in [-0.2, -0.15) is 0 Å². The Morgan fingerprint density at radius 1 is 0.857 bits per heavy atom. The van der Waals surface area contributed by atoms with Crippen molar-refractivity contribution in [1.29, 1.82) is 0 Å². The van der Waals surface area contributed by atoms with E-state index >= 15 is 0 Å². The molecule has 0 aliphatic carbocycles. The summed E-state index contributed by atoms with van der Waals surface area (Å²) in [6.45, 7) is 20.1. The third kappa shape index (κ3) is 8.08. The van der Waals surface area contributed by atoms with E-state index in [1.807, 2.05) is 0 Å². The minimum atomic E-state index is -1.96. The van der Waals surface area contributed by atoms with Gasteiger partial charge in [-0.05, 0) is 58.3 Å². The van der Waals surface area contributed by atoms with Crippen LogP contribution in [-0.2, 0) is 8.23 Å². The summed E-state index contributed by atoms with van der Waals surface area (Å²) in [4.78, 5) is 0. The van der Waals surface area contributed by atoms with Crippen LogP contribution < -0.4 is 0 Å². The second kappa shape index (κ2) is 6.97.